The highest BCUT2D eigenvalue weighted by molar-refractivity contribution is 9.10. The highest BCUT2D eigenvalue weighted by atomic mass is 79.9. The lowest BCUT2D eigenvalue weighted by Crippen LogP contribution is -2.33. The van der Waals surface area contributed by atoms with Crippen LogP contribution in [0.5, 0.6) is 0 Å². The lowest BCUT2D eigenvalue weighted by atomic mass is 10.0. The minimum atomic E-state index is -0.676. The molecule has 1 atom stereocenters. The largest absolute Gasteiger partial charge is 0.385 e. The van der Waals surface area contributed by atoms with Crippen LogP contribution in [0.3, 0.4) is 0 Å². The molecule has 0 aromatic heterocycles. The molecule has 0 radical (unpaired) electrons. The molecule has 0 spiro atoms. The van der Waals surface area contributed by atoms with Gasteiger partial charge in [0.05, 0.1) is 5.56 Å². The SMILES string of the molecule is NC1=NC=CNC1c1ccc(C(=O)NCc2cc(F)cc(Br)c2)c(F)c1. The number of nitrogens with zero attached hydrogens (tertiary/aromatic N) is 1. The van der Waals surface area contributed by atoms with Crippen molar-refractivity contribution in [2.24, 2.45) is 10.7 Å². The van der Waals surface area contributed by atoms with E-state index in [1.54, 1.807) is 18.3 Å². The molecular weight excluding hydrogens is 406 g/mol. The molecule has 4 N–H and O–H groups in total. The van der Waals surface area contributed by atoms with Crippen molar-refractivity contribution in [2.45, 2.75) is 12.6 Å². The summed E-state index contributed by atoms with van der Waals surface area (Å²) in [5, 5.41) is 5.55. The molecule has 1 aliphatic heterocycles. The first-order chi connectivity index (χ1) is 12.4. The molecule has 1 heterocycles. The summed E-state index contributed by atoms with van der Waals surface area (Å²) >= 11 is 3.18. The number of hydrogen-bond donors (Lipinski definition) is 3. The number of amidine groups is 1. The molecule has 3 rings (SSSR count). The number of rotatable bonds is 4. The van der Waals surface area contributed by atoms with Crippen molar-refractivity contribution in [3.05, 3.63) is 81.6 Å². The van der Waals surface area contributed by atoms with Gasteiger partial charge in [0.15, 0.2) is 0 Å². The van der Waals surface area contributed by atoms with Gasteiger partial charge in [0.25, 0.3) is 5.91 Å². The van der Waals surface area contributed by atoms with Gasteiger partial charge < -0.3 is 16.4 Å². The normalized spacial score (nSPS) is 16.0. The Balaban J connectivity index is 1.71. The fraction of sp³-hybridized carbons (Fsp3) is 0.111. The average Bonchev–Trinajstić information content (AvgIpc) is 2.59. The van der Waals surface area contributed by atoms with Crippen LogP contribution in [0.15, 0.2) is 58.3 Å². The zero-order chi connectivity index (χ0) is 18.7. The maximum Gasteiger partial charge on any atom is 0.254 e. The van der Waals surface area contributed by atoms with Crippen LogP contribution in [-0.2, 0) is 6.54 Å². The van der Waals surface area contributed by atoms with Crippen molar-refractivity contribution in [3.8, 4) is 0 Å². The van der Waals surface area contributed by atoms with Crippen LogP contribution < -0.4 is 16.4 Å². The highest BCUT2D eigenvalue weighted by Gasteiger charge is 2.19. The Kier molecular flexibility index (Phi) is 5.32. The second-order valence-corrected chi connectivity index (χ2v) is 6.58. The third-order valence-electron chi connectivity index (χ3n) is 3.80. The summed E-state index contributed by atoms with van der Waals surface area (Å²) < 4.78 is 28.3. The molecule has 0 bridgehead atoms. The molecule has 26 heavy (non-hydrogen) atoms. The maximum atomic E-state index is 14.4. The van der Waals surface area contributed by atoms with Crippen LogP contribution in [-0.4, -0.2) is 11.7 Å². The minimum Gasteiger partial charge on any atom is -0.385 e. The number of aliphatic imine (C=N–C) groups is 1. The maximum absolute atomic E-state index is 14.4. The molecule has 1 unspecified atom stereocenters. The summed E-state index contributed by atoms with van der Waals surface area (Å²) in [7, 11) is 0. The number of nitrogens with two attached hydrogens (primary N) is 1. The summed E-state index contributed by atoms with van der Waals surface area (Å²) in [5.41, 5.74) is 6.80. The van der Waals surface area contributed by atoms with Crippen LogP contribution in [0.25, 0.3) is 0 Å². The number of nitrogens with one attached hydrogen (secondary N) is 2. The first kappa shape index (κ1) is 18.1. The lowest BCUT2D eigenvalue weighted by Gasteiger charge is -2.20. The predicted octanol–water partition coefficient (Wildman–Crippen LogP) is 3.13. The predicted molar refractivity (Wildman–Crippen MR) is 98.3 cm³/mol. The Morgan fingerprint density at radius 3 is 2.77 bits per heavy atom. The van der Waals surface area contributed by atoms with Gasteiger partial charge in [-0.05, 0) is 41.5 Å². The molecule has 0 saturated heterocycles. The minimum absolute atomic E-state index is 0.0744. The number of benzene rings is 2. The molecule has 0 aliphatic carbocycles. The van der Waals surface area contributed by atoms with E-state index in [1.807, 2.05) is 0 Å². The Hall–Kier alpha value is -2.74. The van der Waals surface area contributed by atoms with Crippen LogP contribution in [0, 0.1) is 11.6 Å². The fourth-order valence-corrected chi connectivity index (χ4v) is 3.09. The third kappa shape index (κ3) is 4.08. The molecular formula is C18H15BrF2N4O. The quantitative estimate of drug-likeness (QED) is 0.710. The van der Waals surface area contributed by atoms with Gasteiger partial charge in [0.2, 0.25) is 0 Å². The summed E-state index contributed by atoms with van der Waals surface area (Å²) in [6.45, 7) is 0.0744. The van der Waals surface area contributed by atoms with Crippen molar-refractivity contribution in [1.82, 2.24) is 10.6 Å². The van der Waals surface area contributed by atoms with Crippen molar-refractivity contribution < 1.29 is 13.6 Å². The molecule has 0 saturated carbocycles. The van der Waals surface area contributed by atoms with Crippen LogP contribution in [0.1, 0.15) is 27.5 Å². The van der Waals surface area contributed by atoms with E-state index in [2.05, 4.69) is 31.6 Å². The molecule has 2 aromatic rings. The van der Waals surface area contributed by atoms with E-state index in [4.69, 9.17) is 5.73 Å². The lowest BCUT2D eigenvalue weighted by molar-refractivity contribution is 0.0947. The van der Waals surface area contributed by atoms with Gasteiger partial charge in [-0.1, -0.05) is 22.0 Å². The number of carbonyl (C=O) groups is 1. The zero-order valence-electron chi connectivity index (χ0n) is 13.5. The van der Waals surface area contributed by atoms with Gasteiger partial charge in [0, 0.05) is 23.4 Å². The summed E-state index contributed by atoms with van der Waals surface area (Å²) in [6, 6.07) is 8.07. The number of hydrogen-bond acceptors (Lipinski definition) is 4. The van der Waals surface area contributed by atoms with Gasteiger partial charge in [-0.3, -0.25) is 4.79 Å². The van der Waals surface area contributed by atoms with E-state index in [-0.39, 0.29) is 12.1 Å². The fourth-order valence-electron chi connectivity index (χ4n) is 2.58. The van der Waals surface area contributed by atoms with E-state index in [9.17, 15) is 13.6 Å². The summed E-state index contributed by atoms with van der Waals surface area (Å²) in [5.74, 6) is -1.38. The highest BCUT2D eigenvalue weighted by Crippen LogP contribution is 2.20. The van der Waals surface area contributed by atoms with Crippen molar-refractivity contribution >= 4 is 27.7 Å². The summed E-state index contributed by atoms with van der Waals surface area (Å²) in [6.07, 6.45) is 3.12. The average molecular weight is 421 g/mol. The standard InChI is InChI=1S/C18H15BrF2N4O/c19-12-5-10(6-13(20)8-12)9-25-18(26)14-2-1-11(7-15(14)21)16-17(22)24-4-3-23-16/h1-8,16,23H,9H2,(H2,22,24)(H,25,26). The van der Waals surface area contributed by atoms with Crippen molar-refractivity contribution in [3.63, 3.8) is 0 Å². The van der Waals surface area contributed by atoms with E-state index < -0.39 is 23.6 Å². The second-order valence-electron chi connectivity index (χ2n) is 5.67. The van der Waals surface area contributed by atoms with E-state index >= 15 is 0 Å². The van der Waals surface area contributed by atoms with Crippen LogP contribution >= 0.6 is 15.9 Å². The van der Waals surface area contributed by atoms with E-state index in [0.29, 0.717) is 21.4 Å². The smallest absolute Gasteiger partial charge is 0.254 e. The monoisotopic (exact) mass is 420 g/mol. The van der Waals surface area contributed by atoms with Gasteiger partial charge in [0.1, 0.15) is 23.5 Å². The Morgan fingerprint density at radius 1 is 1.27 bits per heavy atom. The molecule has 5 nitrogen and oxygen atoms in total. The molecule has 0 fully saturated rings. The van der Waals surface area contributed by atoms with Crippen molar-refractivity contribution in [2.75, 3.05) is 0 Å². The first-order valence-electron chi connectivity index (χ1n) is 7.71. The number of halogens is 3. The van der Waals surface area contributed by atoms with Gasteiger partial charge in [-0.25, -0.2) is 13.8 Å². The van der Waals surface area contributed by atoms with Crippen LogP contribution in [0.4, 0.5) is 8.78 Å². The molecule has 8 heteroatoms. The van der Waals surface area contributed by atoms with E-state index in [0.717, 1.165) is 0 Å². The van der Waals surface area contributed by atoms with Crippen LogP contribution in [0.2, 0.25) is 0 Å². The first-order valence-corrected chi connectivity index (χ1v) is 8.50. The Morgan fingerprint density at radius 2 is 2.08 bits per heavy atom. The van der Waals surface area contributed by atoms with E-state index in [1.165, 1.54) is 30.5 Å². The molecule has 1 amide bonds. The van der Waals surface area contributed by atoms with Gasteiger partial charge >= 0.3 is 0 Å². The number of amides is 1. The number of carbonyl (C=O) groups excluding carboxylic acids is 1. The summed E-state index contributed by atoms with van der Waals surface area (Å²) in [4.78, 5) is 16.2. The molecule has 1 aliphatic rings. The Bertz CT molecular complexity index is 894. The van der Waals surface area contributed by atoms with Gasteiger partial charge in [-0.2, -0.15) is 0 Å². The van der Waals surface area contributed by atoms with Gasteiger partial charge in [-0.15, -0.1) is 0 Å². The Labute approximate surface area is 157 Å². The topological polar surface area (TPSA) is 79.5 Å². The van der Waals surface area contributed by atoms with Crippen molar-refractivity contribution in [1.29, 1.82) is 0 Å². The zero-order valence-corrected chi connectivity index (χ0v) is 15.1. The second kappa shape index (κ2) is 7.65. The third-order valence-corrected chi connectivity index (χ3v) is 4.26. The molecule has 134 valence electrons. The molecule has 2 aromatic carbocycles.